The van der Waals surface area contributed by atoms with E-state index in [9.17, 15) is 8.42 Å². The van der Waals surface area contributed by atoms with Crippen LogP contribution in [0.25, 0.3) is 0 Å². The van der Waals surface area contributed by atoms with E-state index in [2.05, 4.69) is 11.9 Å². The van der Waals surface area contributed by atoms with Gasteiger partial charge in [0.1, 0.15) is 0 Å². The second-order valence-electron chi connectivity index (χ2n) is 3.44. The van der Waals surface area contributed by atoms with E-state index in [0.29, 0.717) is 6.42 Å². The van der Waals surface area contributed by atoms with Crippen molar-refractivity contribution in [3.8, 4) is 0 Å². The van der Waals surface area contributed by atoms with Crippen LogP contribution in [0, 0.1) is 0 Å². The zero-order chi connectivity index (χ0) is 11.3. The van der Waals surface area contributed by atoms with Crippen molar-refractivity contribution in [1.82, 2.24) is 4.98 Å². The first-order chi connectivity index (χ1) is 7.01. The van der Waals surface area contributed by atoms with Crippen LogP contribution in [0.15, 0.2) is 18.3 Å². The van der Waals surface area contributed by atoms with Gasteiger partial charge in [0.05, 0.1) is 5.75 Å². The average molecular weight is 229 g/mol. The van der Waals surface area contributed by atoms with Crippen molar-refractivity contribution >= 4 is 10.1 Å². The Morgan fingerprint density at radius 1 is 1.33 bits per heavy atom. The fourth-order valence-electron chi connectivity index (χ4n) is 1.25. The Bertz CT molecular complexity index is 397. The normalized spacial score (nSPS) is 11.6. The molecule has 0 fully saturated rings. The summed E-state index contributed by atoms with van der Waals surface area (Å²) in [5, 5.41) is 0. The first kappa shape index (κ1) is 12.1. The van der Waals surface area contributed by atoms with Gasteiger partial charge in [0.15, 0.2) is 0 Å². The molecule has 1 rings (SSSR count). The largest absolute Gasteiger partial charge is 0.286 e. The van der Waals surface area contributed by atoms with Crippen LogP contribution in [0.4, 0.5) is 0 Å². The highest BCUT2D eigenvalue weighted by molar-refractivity contribution is 7.85. The van der Waals surface area contributed by atoms with Gasteiger partial charge in [-0.3, -0.25) is 9.54 Å². The van der Waals surface area contributed by atoms with E-state index < -0.39 is 10.1 Å². The first-order valence-corrected chi connectivity index (χ1v) is 6.51. The number of nitrogens with zero attached hydrogens (tertiary/aromatic N) is 1. The summed E-state index contributed by atoms with van der Waals surface area (Å²) in [7, 11) is -3.87. The Morgan fingerprint density at radius 2 is 2.07 bits per heavy atom. The minimum Gasteiger partial charge on any atom is -0.286 e. The molecule has 0 atom stereocenters. The van der Waals surface area contributed by atoms with Crippen LogP contribution in [-0.2, 0) is 23.0 Å². The van der Waals surface area contributed by atoms with E-state index in [1.807, 2.05) is 12.1 Å². The second kappa shape index (κ2) is 5.23. The molecule has 0 saturated carbocycles. The van der Waals surface area contributed by atoms with E-state index in [1.54, 1.807) is 6.20 Å². The molecule has 1 heterocycles. The molecule has 0 unspecified atom stereocenters. The summed E-state index contributed by atoms with van der Waals surface area (Å²) in [6.45, 7) is 2.08. The van der Waals surface area contributed by atoms with Crippen molar-refractivity contribution in [3.63, 3.8) is 0 Å². The summed E-state index contributed by atoms with van der Waals surface area (Å²) in [6, 6.07) is 3.74. The molecule has 0 saturated heterocycles. The van der Waals surface area contributed by atoms with E-state index in [1.165, 1.54) is 0 Å². The van der Waals surface area contributed by atoms with Gasteiger partial charge in [-0.15, -0.1) is 0 Å². The molecule has 15 heavy (non-hydrogen) atoms. The van der Waals surface area contributed by atoms with Gasteiger partial charge < -0.3 is 0 Å². The van der Waals surface area contributed by atoms with Crippen molar-refractivity contribution in [3.05, 3.63) is 29.6 Å². The maximum absolute atomic E-state index is 10.5. The maximum Gasteiger partial charge on any atom is 0.265 e. The number of hydrogen-bond donors (Lipinski definition) is 1. The maximum atomic E-state index is 10.5. The summed E-state index contributed by atoms with van der Waals surface area (Å²) in [5.74, 6) is -0.248. The fraction of sp³-hybridized carbons (Fsp3) is 0.500. The lowest BCUT2D eigenvalue weighted by atomic mass is 10.2. The summed E-state index contributed by atoms with van der Waals surface area (Å²) in [4.78, 5) is 4.19. The summed E-state index contributed by atoms with van der Waals surface area (Å²) < 4.78 is 29.6. The van der Waals surface area contributed by atoms with Crippen LogP contribution < -0.4 is 0 Å². The van der Waals surface area contributed by atoms with Crippen molar-refractivity contribution < 1.29 is 13.0 Å². The average Bonchev–Trinajstić information content (AvgIpc) is 2.16. The number of rotatable bonds is 5. The van der Waals surface area contributed by atoms with Crippen molar-refractivity contribution in [1.29, 1.82) is 0 Å². The Morgan fingerprint density at radius 3 is 2.53 bits per heavy atom. The van der Waals surface area contributed by atoms with Gasteiger partial charge in [-0.2, -0.15) is 8.42 Å². The molecule has 4 nitrogen and oxygen atoms in total. The predicted octanol–water partition coefficient (Wildman–Crippen LogP) is 1.46. The minimum atomic E-state index is -3.87. The molecule has 1 N–H and O–H groups in total. The van der Waals surface area contributed by atoms with Gasteiger partial charge in [-0.05, 0) is 24.5 Å². The van der Waals surface area contributed by atoms with Crippen LogP contribution in [0.1, 0.15) is 24.6 Å². The van der Waals surface area contributed by atoms with Gasteiger partial charge in [-0.25, -0.2) is 0 Å². The predicted molar refractivity (Wildman–Crippen MR) is 58.4 cm³/mol. The van der Waals surface area contributed by atoms with Crippen LogP contribution in [0.5, 0.6) is 0 Å². The summed E-state index contributed by atoms with van der Waals surface area (Å²) in [6.07, 6.45) is 3.93. The summed E-state index contributed by atoms with van der Waals surface area (Å²) in [5.41, 5.74) is 1.83. The number of pyridine rings is 1. The molecular formula is C10H15NO3S. The van der Waals surface area contributed by atoms with Gasteiger partial charge in [0.2, 0.25) is 0 Å². The highest BCUT2D eigenvalue weighted by Crippen LogP contribution is 2.04. The van der Waals surface area contributed by atoms with E-state index >= 15 is 0 Å². The topological polar surface area (TPSA) is 67.3 Å². The molecule has 0 radical (unpaired) electrons. The van der Waals surface area contributed by atoms with Crippen LogP contribution in [0.2, 0.25) is 0 Å². The molecule has 0 aliphatic heterocycles. The smallest absolute Gasteiger partial charge is 0.265 e. The van der Waals surface area contributed by atoms with Crippen molar-refractivity contribution in [2.24, 2.45) is 0 Å². The highest BCUT2D eigenvalue weighted by atomic mass is 32.2. The molecule has 5 heteroatoms. The van der Waals surface area contributed by atoms with Crippen molar-refractivity contribution in [2.75, 3.05) is 5.75 Å². The number of hydrogen-bond acceptors (Lipinski definition) is 3. The van der Waals surface area contributed by atoms with Gasteiger partial charge in [0, 0.05) is 11.9 Å². The third-order valence-corrected chi connectivity index (χ3v) is 2.76. The van der Waals surface area contributed by atoms with Crippen LogP contribution in [0.3, 0.4) is 0 Å². The van der Waals surface area contributed by atoms with Gasteiger partial charge >= 0.3 is 0 Å². The molecule has 0 aromatic carbocycles. The third kappa shape index (κ3) is 4.90. The molecule has 0 bridgehead atoms. The van der Waals surface area contributed by atoms with Crippen LogP contribution >= 0.6 is 0 Å². The minimum absolute atomic E-state index is 0.248. The van der Waals surface area contributed by atoms with E-state index in [-0.39, 0.29) is 5.75 Å². The lowest BCUT2D eigenvalue weighted by Gasteiger charge is -2.01. The Hall–Kier alpha value is -0.940. The van der Waals surface area contributed by atoms with Gasteiger partial charge in [-0.1, -0.05) is 19.4 Å². The van der Waals surface area contributed by atoms with Gasteiger partial charge in [0.25, 0.3) is 10.1 Å². The Kier molecular flexibility index (Phi) is 4.23. The monoisotopic (exact) mass is 229 g/mol. The van der Waals surface area contributed by atoms with E-state index in [0.717, 1.165) is 24.1 Å². The lowest BCUT2D eigenvalue weighted by Crippen LogP contribution is -2.06. The molecule has 1 aromatic rings. The molecular weight excluding hydrogens is 214 g/mol. The molecule has 1 aromatic heterocycles. The first-order valence-electron chi connectivity index (χ1n) is 4.90. The Balaban J connectivity index is 2.57. The lowest BCUT2D eigenvalue weighted by molar-refractivity contribution is 0.482. The molecule has 0 aliphatic rings. The molecule has 84 valence electrons. The zero-order valence-electron chi connectivity index (χ0n) is 8.68. The quantitative estimate of drug-likeness (QED) is 0.776. The summed E-state index contributed by atoms with van der Waals surface area (Å²) >= 11 is 0. The number of aryl methyl sites for hydroxylation is 2. The molecule has 0 aliphatic carbocycles. The third-order valence-electron chi connectivity index (χ3n) is 2.04. The number of aromatic nitrogens is 1. The zero-order valence-corrected chi connectivity index (χ0v) is 9.50. The second-order valence-corrected chi connectivity index (χ2v) is 5.02. The molecule has 0 amide bonds. The van der Waals surface area contributed by atoms with Crippen molar-refractivity contribution in [2.45, 2.75) is 26.2 Å². The molecule has 0 spiro atoms. The van der Waals surface area contributed by atoms with E-state index in [4.69, 9.17) is 4.55 Å². The SMILES string of the molecule is CCCc1ccc(CCS(=O)(=O)O)cn1. The standard InChI is InChI=1S/C10H15NO3S/c1-2-3-10-5-4-9(8-11-10)6-7-15(12,13)14/h4-5,8H,2-3,6-7H2,1H3,(H,12,13,14). The van der Waals surface area contributed by atoms with Crippen LogP contribution in [-0.4, -0.2) is 23.7 Å². The highest BCUT2D eigenvalue weighted by Gasteiger charge is 2.05. The Labute approximate surface area is 90.1 Å². The fourth-order valence-corrected chi connectivity index (χ4v) is 1.75.